The average molecular weight is 350 g/mol. The summed E-state index contributed by atoms with van der Waals surface area (Å²) in [5.74, 6) is -0.0234. The van der Waals surface area contributed by atoms with Gasteiger partial charge >= 0.3 is 0 Å². The fourth-order valence-electron chi connectivity index (χ4n) is 2.77. The van der Waals surface area contributed by atoms with Gasteiger partial charge < -0.3 is 5.32 Å². The maximum Gasteiger partial charge on any atom is 0.230 e. The Morgan fingerprint density at radius 2 is 1.88 bits per heavy atom. The van der Waals surface area contributed by atoms with Crippen molar-refractivity contribution in [2.24, 2.45) is 0 Å². The van der Waals surface area contributed by atoms with Crippen LogP contribution in [0, 0.1) is 13.8 Å². The fourth-order valence-corrected chi connectivity index (χ4v) is 3.59. The van der Waals surface area contributed by atoms with E-state index in [2.05, 4.69) is 54.5 Å². The van der Waals surface area contributed by atoms with Crippen molar-refractivity contribution in [1.82, 2.24) is 4.98 Å². The van der Waals surface area contributed by atoms with Gasteiger partial charge in [0.2, 0.25) is 5.91 Å². The fraction of sp³-hybridized carbons (Fsp3) is 0.238. The number of aryl methyl sites for hydroxylation is 3. The van der Waals surface area contributed by atoms with Crippen molar-refractivity contribution >= 4 is 22.9 Å². The molecule has 1 amide bonds. The number of hydrogen-bond acceptors (Lipinski definition) is 3. The third kappa shape index (κ3) is 4.15. The second-order valence-corrected chi connectivity index (χ2v) is 7.06. The van der Waals surface area contributed by atoms with Crippen LogP contribution in [0.3, 0.4) is 0 Å². The van der Waals surface area contributed by atoms with E-state index in [9.17, 15) is 4.79 Å². The summed E-state index contributed by atoms with van der Waals surface area (Å²) < 4.78 is 0. The van der Waals surface area contributed by atoms with Crippen LogP contribution in [0.5, 0.6) is 0 Å². The Labute approximate surface area is 152 Å². The van der Waals surface area contributed by atoms with Gasteiger partial charge in [-0.1, -0.05) is 55.0 Å². The molecule has 0 atom stereocenters. The lowest BCUT2D eigenvalue weighted by molar-refractivity contribution is -0.115. The van der Waals surface area contributed by atoms with Crippen LogP contribution in [-0.4, -0.2) is 10.9 Å². The van der Waals surface area contributed by atoms with Crippen LogP contribution in [0.1, 0.15) is 29.3 Å². The molecule has 0 aliphatic rings. The van der Waals surface area contributed by atoms with Crippen LogP contribution in [-0.2, 0) is 17.6 Å². The molecule has 3 aromatic rings. The molecule has 0 radical (unpaired) electrons. The number of nitrogens with one attached hydrogen (secondary N) is 1. The standard InChI is InChI=1S/C21H22N2OS/c1-4-16-7-5-6-15(3)20(16)23-19(24)12-18-13-25-21(22-18)17-10-8-14(2)9-11-17/h5-11,13H,4,12H2,1-3H3,(H,23,24). The van der Waals surface area contributed by atoms with E-state index in [4.69, 9.17) is 0 Å². The third-order valence-corrected chi connectivity index (χ3v) is 5.14. The summed E-state index contributed by atoms with van der Waals surface area (Å²) in [7, 11) is 0. The van der Waals surface area contributed by atoms with Gasteiger partial charge in [0.15, 0.2) is 0 Å². The first-order valence-corrected chi connectivity index (χ1v) is 9.34. The highest BCUT2D eigenvalue weighted by molar-refractivity contribution is 7.13. The Morgan fingerprint density at radius 3 is 2.60 bits per heavy atom. The number of carbonyl (C=O) groups is 1. The number of amides is 1. The maximum atomic E-state index is 12.4. The van der Waals surface area contributed by atoms with Gasteiger partial charge in [0, 0.05) is 16.6 Å². The van der Waals surface area contributed by atoms with Crippen LogP contribution in [0.15, 0.2) is 47.8 Å². The summed E-state index contributed by atoms with van der Waals surface area (Å²) in [4.78, 5) is 17.1. The van der Waals surface area contributed by atoms with Crippen molar-refractivity contribution in [3.63, 3.8) is 0 Å². The zero-order chi connectivity index (χ0) is 17.8. The molecule has 0 aliphatic heterocycles. The van der Waals surface area contributed by atoms with Crippen LogP contribution in [0.25, 0.3) is 10.6 Å². The summed E-state index contributed by atoms with van der Waals surface area (Å²) in [5.41, 5.74) is 6.31. The number of anilines is 1. The van der Waals surface area contributed by atoms with Gasteiger partial charge in [-0.05, 0) is 31.4 Å². The normalized spacial score (nSPS) is 10.7. The molecule has 128 valence electrons. The van der Waals surface area contributed by atoms with E-state index in [1.54, 1.807) is 11.3 Å². The third-order valence-electron chi connectivity index (χ3n) is 4.20. The summed E-state index contributed by atoms with van der Waals surface area (Å²) in [5, 5.41) is 5.98. The van der Waals surface area contributed by atoms with E-state index in [0.717, 1.165) is 39.5 Å². The molecule has 3 nitrogen and oxygen atoms in total. The topological polar surface area (TPSA) is 42.0 Å². The number of aromatic nitrogens is 1. The highest BCUT2D eigenvalue weighted by Crippen LogP contribution is 2.25. The Balaban J connectivity index is 1.71. The van der Waals surface area contributed by atoms with Gasteiger partial charge in [-0.25, -0.2) is 4.98 Å². The Morgan fingerprint density at radius 1 is 1.12 bits per heavy atom. The smallest absolute Gasteiger partial charge is 0.230 e. The molecule has 0 fully saturated rings. The van der Waals surface area contributed by atoms with Gasteiger partial charge in [-0.3, -0.25) is 4.79 Å². The predicted octanol–water partition coefficient (Wildman–Crippen LogP) is 5.17. The lowest BCUT2D eigenvalue weighted by Gasteiger charge is -2.12. The minimum Gasteiger partial charge on any atom is -0.325 e. The molecule has 25 heavy (non-hydrogen) atoms. The summed E-state index contributed by atoms with van der Waals surface area (Å²) in [6.07, 6.45) is 1.19. The molecule has 0 aliphatic carbocycles. The highest BCUT2D eigenvalue weighted by atomic mass is 32.1. The van der Waals surface area contributed by atoms with Gasteiger partial charge in [0.05, 0.1) is 12.1 Å². The second kappa shape index (κ2) is 7.62. The van der Waals surface area contributed by atoms with Crippen LogP contribution >= 0.6 is 11.3 Å². The average Bonchev–Trinajstić information content (AvgIpc) is 3.05. The van der Waals surface area contributed by atoms with Crippen LogP contribution in [0.4, 0.5) is 5.69 Å². The molecule has 1 aromatic heterocycles. The largest absolute Gasteiger partial charge is 0.325 e. The van der Waals surface area contributed by atoms with E-state index in [0.29, 0.717) is 6.42 Å². The van der Waals surface area contributed by atoms with E-state index in [-0.39, 0.29) is 5.91 Å². The lowest BCUT2D eigenvalue weighted by Crippen LogP contribution is -2.16. The first-order valence-electron chi connectivity index (χ1n) is 8.46. The van der Waals surface area contributed by atoms with Crippen molar-refractivity contribution in [2.75, 3.05) is 5.32 Å². The molecule has 1 heterocycles. The summed E-state index contributed by atoms with van der Waals surface area (Å²) >= 11 is 1.58. The number of para-hydroxylation sites is 1. The predicted molar refractivity (Wildman–Crippen MR) is 105 cm³/mol. The number of hydrogen-bond donors (Lipinski definition) is 1. The second-order valence-electron chi connectivity index (χ2n) is 6.20. The van der Waals surface area contributed by atoms with Crippen molar-refractivity contribution in [2.45, 2.75) is 33.6 Å². The molecule has 2 aromatic carbocycles. The first kappa shape index (κ1) is 17.4. The van der Waals surface area contributed by atoms with Gasteiger partial charge in [-0.15, -0.1) is 11.3 Å². The van der Waals surface area contributed by atoms with E-state index >= 15 is 0 Å². The Kier molecular flexibility index (Phi) is 5.29. The number of nitrogens with zero attached hydrogens (tertiary/aromatic N) is 1. The first-order chi connectivity index (χ1) is 12.1. The molecule has 3 rings (SSSR count). The van der Waals surface area contributed by atoms with Gasteiger partial charge in [0.1, 0.15) is 5.01 Å². The van der Waals surface area contributed by atoms with E-state index in [1.807, 2.05) is 24.4 Å². The van der Waals surface area contributed by atoms with Crippen molar-refractivity contribution in [3.05, 3.63) is 70.2 Å². The number of carbonyl (C=O) groups excluding carboxylic acids is 1. The minimum absolute atomic E-state index is 0.0234. The quantitative estimate of drug-likeness (QED) is 0.690. The Bertz CT molecular complexity index is 881. The van der Waals surface area contributed by atoms with Crippen molar-refractivity contribution in [3.8, 4) is 10.6 Å². The van der Waals surface area contributed by atoms with Crippen LogP contribution < -0.4 is 5.32 Å². The molecule has 0 saturated carbocycles. The molecule has 0 unspecified atom stereocenters. The molecule has 0 saturated heterocycles. The Hall–Kier alpha value is -2.46. The SMILES string of the molecule is CCc1cccc(C)c1NC(=O)Cc1csc(-c2ccc(C)cc2)n1. The zero-order valence-electron chi connectivity index (χ0n) is 14.8. The van der Waals surface area contributed by atoms with E-state index < -0.39 is 0 Å². The number of rotatable bonds is 5. The summed E-state index contributed by atoms with van der Waals surface area (Å²) in [6.45, 7) is 6.18. The van der Waals surface area contributed by atoms with E-state index in [1.165, 1.54) is 5.56 Å². The lowest BCUT2D eigenvalue weighted by atomic mass is 10.1. The van der Waals surface area contributed by atoms with Crippen molar-refractivity contribution in [1.29, 1.82) is 0 Å². The van der Waals surface area contributed by atoms with Gasteiger partial charge in [0.25, 0.3) is 0 Å². The zero-order valence-corrected chi connectivity index (χ0v) is 15.6. The van der Waals surface area contributed by atoms with Gasteiger partial charge in [-0.2, -0.15) is 0 Å². The number of benzene rings is 2. The highest BCUT2D eigenvalue weighted by Gasteiger charge is 2.12. The minimum atomic E-state index is -0.0234. The molecule has 0 bridgehead atoms. The molecule has 0 spiro atoms. The van der Waals surface area contributed by atoms with Crippen LogP contribution in [0.2, 0.25) is 0 Å². The maximum absolute atomic E-state index is 12.4. The molecular weight excluding hydrogens is 328 g/mol. The van der Waals surface area contributed by atoms with Crippen molar-refractivity contribution < 1.29 is 4.79 Å². The monoisotopic (exact) mass is 350 g/mol. The summed E-state index contributed by atoms with van der Waals surface area (Å²) in [6, 6.07) is 14.4. The molecular formula is C21H22N2OS. The molecule has 4 heteroatoms. The molecule has 1 N–H and O–H groups in total. The number of thiazole rings is 1.